The molecule has 8 nitrogen and oxygen atoms in total. The number of fused-ring (bicyclic) bond motifs is 1. The Morgan fingerprint density at radius 1 is 1.18 bits per heavy atom. The standard InChI is InChI=1S/C29H30FN3O5S/c1-20-17-33(21(2)19-34)29(35)25-15-22(13-14-23-9-7-8-12-26(23)30)16-31-28(25)38-27(20)18-32(3)39(36,37)24-10-5-4-6-11-24/h4-12,15-16,20-21,27,34H,17-19H2,1-3H3/t20-,21-,27-/m0/s1. The molecule has 4 rings (SSSR count). The largest absolute Gasteiger partial charge is 0.472 e. The Bertz CT molecular complexity index is 1500. The summed E-state index contributed by atoms with van der Waals surface area (Å²) in [6, 6.07) is 15.2. The maximum absolute atomic E-state index is 14.0. The van der Waals surface area contributed by atoms with E-state index in [1.165, 1.54) is 46.7 Å². The van der Waals surface area contributed by atoms with Crippen molar-refractivity contribution in [3.8, 4) is 17.7 Å². The molecule has 0 saturated carbocycles. The van der Waals surface area contributed by atoms with E-state index >= 15 is 0 Å². The van der Waals surface area contributed by atoms with Crippen LogP contribution >= 0.6 is 0 Å². The van der Waals surface area contributed by atoms with Crippen molar-refractivity contribution in [2.75, 3.05) is 26.7 Å². The number of halogens is 1. The first-order valence-electron chi connectivity index (χ1n) is 12.5. The molecule has 0 unspecified atom stereocenters. The molecule has 1 N–H and O–H groups in total. The quantitative estimate of drug-likeness (QED) is 0.473. The van der Waals surface area contributed by atoms with Crippen molar-refractivity contribution < 1.29 is 27.4 Å². The predicted molar refractivity (Wildman–Crippen MR) is 144 cm³/mol. The molecule has 1 amide bonds. The first-order chi connectivity index (χ1) is 18.6. The summed E-state index contributed by atoms with van der Waals surface area (Å²) >= 11 is 0. The van der Waals surface area contributed by atoms with E-state index in [4.69, 9.17) is 4.74 Å². The van der Waals surface area contributed by atoms with Gasteiger partial charge in [0.2, 0.25) is 15.9 Å². The monoisotopic (exact) mass is 551 g/mol. The number of amides is 1. The molecule has 10 heteroatoms. The summed E-state index contributed by atoms with van der Waals surface area (Å²) in [6.07, 6.45) is 0.768. The Kier molecular flexibility index (Phi) is 8.65. The average Bonchev–Trinajstić information content (AvgIpc) is 2.94. The molecule has 2 heterocycles. The van der Waals surface area contributed by atoms with Crippen molar-refractivity contribution in [1.82, 2.24) is 14.2 Å². The molecule has 0 spiro atoms. The molecule has 2 aromatic carbocycles. The van der Waals surface area contributed by atoms with Crippen molar-refractivity contribution in [1.29, 1.82) is 0 Å². The first kappa shape index (κ1) is 28.2. The summed E-state index contributed by atoms with van der Waals surface area (Å²) < 4.78 is 47.7. The van der Waals surface area contributed by atoms with Crippen LogP contribution in [0.5, 0.6) is 5.88 Å². The Hall–Kier alpha value is -3.78. The Labute approximate surface area is 228 Å². The number of aliphatic hydroxyl groups is 1. The minimum Gasteiger partial charge on any atom is -0.472 e. The van der Waals surface area contributed by atoms with Crippen molar-refractivity contribution in [2.45, 2.75) is 30.9 Å². The van der Waals surface area contributed by atoms with E-state index in [2.05, 4.69) is 16.8 Å². The van der Waals surface area contributed by atoms with Crippen LogP contribution in [-0.4, -0.2) is 72.5 Å². The van der Waals surface area contributed by atoms with Crippen LogP contribution in [0.3, 0.4) is 0 Å². The molecular weight excluding hydrogens is 521 g/mol. The van der Waals surface area contributed by atoms with E-state index < -0.39 is 33.9 Å². The van der Waals surface area contributed by atoms with E-state index in [0.717, 1.165) is 0 Å². The maximum Gasteiger partial charge on any atom is 0.259 e. The number of nitrogens with zero attached hydrogens (tertiary/aromatic N) is 3. The van der Waals surface area contributed by atoms with Crippen LogP contribution in [-0.2, 0) is 10.0 Å². The van der Waals surface area contributed by atoms with Crippen LogP contribution in [0.25, 0.3) is 0 Å². The highest BCUT2D eigenvalue weighted by atomic mass is 32.2. The van der Waals surface area contributed by atoms with E-state index in [1.54, 1.807) is 43.3 Å². The van der Waals surface area contributed by atoms with Crippen LogP contribution < -0.4 is 4.74 Å². The number of pyridine rings is 1. The van der Waals surface area contributed by atoms with E-state index in [-0.39, 0.29) is 47.5 Å². The van der Waals surface area contributed by atoms with Gasteiger partial charge in [-0.3, -0.25) is 4.79 Å². The molecule has 39 heavy (non-hydrogen) atoms. The highest BCUT2D eigenvalue weighted by molar-refractivity contribution is 7.89. The molecule has 0 radical (unpaired) electrons. The third-order valence-electron chi connectivity index (χ3n) is 6.62. The van der Waals surface area contributed by atoms with Gasteiger partial charge in [-0.2, -0.15) is 4.31 Å². The number of ether oxygens (including phenoxy) is 1. The number of hydrogen-bond acceptors (Lipinski definition) is 6. The summed E-state index contributed by atoms with van der Waals surface area (Å²) in [4.78, 5) is 19.6. The van der Waals surface area contributed by atoms with Gasteiger partial charge in [0.15, 0.2) is 0 Å². The van der Waals surface area contributed by atoms with Crippen LogP contribution in [0, 0.1) is 23.6 Å². The lowest BCUT2D eigenvalue weighted by atomic mass is 10.0. The number of carbonyl (C=O) groups is 1. The van der Waals surface area contributed by atoms with Crippen LogP contribution in [0.4, 0.5) is 4.39 Å². The number of rotatable bonds is 6. The fourth-order valence-corrected chi connectivity index (χ4v) is 5.42. The number of aliphatic hydroxyl groups excluding tert-OH is 1. The maximum atomic E-state index is 14.0. The van der Waals surface area contributed by atoms with Gasteiger partial charge in [0, 0.05) is 31.3 Å². The molecule has 204 valence electrons. The van der Waals surface area contributed by atoms with Gasteiger partial charge in [-0.1, -0.05) is 49.1 Å². The normalized spacial score (nSPS) is 18.3. The summed E-state index contributed by atoms with van der Waals surface area (Å²) in [5.41, 5.74) is 0.708. The van der Waals surface area contributed by atoms with Gasteiger partial charge in [-0.05, 0) is 37.3 Å². The van der Waals surface area contributed by atoms with Gasteiger partial charge in [0.05, 0.1) is 29.7 Å². The topological polar surface area (TPSA) is 100 Å². The van der Waals surface area contributed by atoms with E-state index in [1.807, 2.05) is 6.92 Å². The molecule has 0 fully saturated rings. The van der Waals surface area contributed by atoms with Crippen molar-refractivity contribution in [2.24, 2.45) is 5.92 Å². The molecule has 0 aliphatic carbocycles. The number of aromatic nitrogens is 1. The molecule has 0 bridgehead atoms. The molecule has 0 saturated heterocycles. The smallest absolute Gasteiger partial charge is 0.259 e. The number of carbonyl (C=O) groups excluding carboxylic acids is 1. The zero-order valence-electron chi connectivity index (χ0n) is 21.9. The fraction of sp³-hybridized carbons (Fsp3) is 0.310. The zero-order valence-corrected chi connectivity index (χ0v) is 22.7. The van der Waals surface area contributed by atoms with E-state index in [9.17, 15) is 22.7 Å². The van der Waals surface area contributed by atoms with E-state index in [0.29, 0.717) is 5.56 Å². The summed E-state index contributed by atoms with van der Waals surface area (Å²) in [5, 5.41) is 9.85. The lowest BCUT2D eigenvalue weighted by Crippen LogP contribution is -2.50. The lowest BCUT2D eigenvalue weighted by molar-refractivity contribution is 0.0373. The van der Waals surface area contributed by atoms with Crippen LogP contribution in [0.15, 0.2) is 71.8 Å². The lowest BCUT2D eigenvalue weighted by Gasteiger charge is -2.37. The van der Waals surface area contributed by atoms with Gasteiger partial charge in [0.1, 0.15) is 17.5 Å². The number of hydrogen-bond donors (Lipinski definition) is 1. The molecular formula is C29H30FN3O5S. The third-order valence-corrected chi connectivity index (χ3v) is 8.46. The zero-order chi connectivity index (χ0) is 28.2. The molecule has 1 aliphatic heterocycles. The molecule has 1 aromatic heterocycles. The first-order valence-corrected chi connectivity index (χ1v) is 13.9. The summed E-state index contributed by atoms with van der Waals surface area (Å²) in [6.45, 7) is 3.54. The SMILES string of the molecule is C[C@H]1CN([C@@H](C)CO)C(=O)c2cc(C#Cc3ccccc3F)cnc2O[C@H]1CN(C)S(=O)(=O)c1ccccc1. The second-order valence-electron chi connectivity index (χ2n) is 9.53. The number of likely N-dealkylation sites (N-methyl/N-ethyl adjacent to an activating group) is 1. The Morgan fingerprint density at radius 2 is 1.87 bits per heavy atom. The minimum atomic E-state index is -3.79. The Balaban J connectivity index is 1.69. The van der Waals surface area contributed by atoms with Gasteiger partial charge >= 0.3 is 0 Å². The highest BCUT2D eigenvalue weighted by Crippen LogP contribution is 2.28. The van der Waals surface area contributed by atoms with Crippen molar-refractivity contribution in [3.63, 3.8) is 0 Å². The molecule has 3 atom stereocenters. The fourth-order valence-electron chi connectivity index (χ4n) is 4.21. The second-order valence-corrected chi connectivity index (χ2v) is 11.6. The Morgan fingerprint density at radius 3 is 2.56 bits per heavy atom. The van der Waals surface area contributed by atoms with Crippen molar-refractivity contribution >= 4 is 15.9 Å². The van der Waals surface area contributed by atoms with Gasteiger partial charge in [-0.15, -0.1) is 0 Å². The summed E-state index contributed by atoms with van der Waals surface area (Å²) in [7, 11) is -2.31. The second kappa shape index (κ2) is 11.9. The highest BCUT2D eigenvalue weighted by Gasteiger charge is 2.35. The van der Waals surface area contributed by atoms with Gasteiger partial charge in [0.25, 0.3) is 5.91 Å². The number of sulfonamides is 1. The van der Waals surface area contributed by atoms with Crippen LogP contribution in [0.2, 0.25) is 0 Å². The van der Waals surface area contributed by atoms with Crippen molar-refractivity contribution in [3.05, 3.63) is 89.4 Å². The average molecular weight is 552 g/mol. The molecule has 3 aromatic rings. The predicted octanol–water partition coefficient (Wildman–Crippen LogP) is 3.16. The molecule has 1 aliphatic rings. The summed E-state index contributed by atoms with van der Waals surface area (Å²) in [5.74, 6) is 4.47. The van der Waals surface area contributed by atoms with Gasteiger partial charge in [-0.25, -0.2) is 17.8 Å². The van der Waals surface area contributed by atoms with Crippen LogP contribution in [0.1, 0.15) is 35.3 Å². The minimum absolute atomic E-state index is 0.00386. The third kappa shape index (κ3) is 6.28. The number of benzene rings is 2. The van der Waals surface area contributed by atoms with Gasteiger partial charge < -0.3 is 14.7 Å².